The van der Waals surface area contributed by atoms with E-state index >= 15 is 0 Å². The van der Waals surface area contributed by atoms with Gasteiger partial charge in [0.2, 0.25) is 5.28 Å². The third-order valence-electron chi connectivity index (χ3n) is 5.50. The van der Waals surface area contributed by atoms with Gasteiger partial charge in [-0.15, -0.1) is 11.3 Å². The van der Waals surface area contributed by atoms with Crippen molar-refractivity contribution in [1.29, 1.82) is 0 Å². The Bertz CT molecular complexity index is 1590. The molecule has 152 valence electrons. The van der Waals surface area contributed by atoms with E-state index in [0.29, 0.717) is 11.6 Å². The van der Waals surface area contributed by atoms with Gasteiger partial charge in [0.15, 0.2) is 11.6 Å². The third-order valence-corrected chi connectivity index (χ3v) is 6.80. The molecule has 0 amide bonds. The molecule has 0 N–H and O–H groups in total. The molecule has 6 rings (SSSR count). The standard InChI is InChI=1S/C27H16ClN3S/c28-27-30-25(17-8-2-1-3-9-17)29-26(31-27)22-12-5-4-10-19(22)18-14-15-21-20-11-6-7-13-23(20)32-24(21)16-18/h1-16H. The van der Waals surface area contributed by atoms with E-state index in [1.807, 2.05) is 59.9 Å². The van der Waals surface area contributed by atoms with Gasteiger partial charge in [-0.2, -0.15) is 9.97 Å². The number of benzene rings is 4. The molecule has 2 aromatic heterocycles. The lowest BCUT2D eigenvalue weighted by Gasteiger charge is -2.10. The van der Waals surface area contributed by atoms with Crippen LogP contribution in [0.5, 0.6) is 0 Å². The molecular weight excluding hydrogens is 434 g/mol. The van der Waals surface area contributed by atoms with Crippen molar-refractivity contribution >= 4 is 43.1 Å². The molecule has 0 radical (unpaired) electrons. The summed E-state index contributed by atoms with van der Waals surface area (Å²) in [6.45, 7) is 0. The second-order valence-electron chi connectivity index (χ2n) is 7.47. The van der Waals surface area contributed by atoms with Gasteiger partial charge in [-0.25, -0.2) is 4.98 Å². The molecule has 2 heterocycles. The molecule has 0 unspecified atom stereocenters. The third kappa shape index (κ3) is 3.34. The molecule has 3 nitrogen and oxygen atoms in total. The predicted molar refractivity (Wildman–Crippen MR) is 134 cm³/mol. The highest BCUT2D eigenvalue weighted by Crippen LogP contribution is 2.38. The minimum atomic E-state index is 0.184. The molecule has 0 atom stereocenters. The fraction of sp³-hybridized carbons (Fsp3) is 0. The number of halogens is 1. The Labute approximate surface area is 194 Å². The highest BCUT2D eigenvalue weighted by molar-refractivity contribution is 7.25. The van der Waals surface area contributed by atoms with Crippen LogP contribution in [0, 0.1) is 0 Å². The summed E-state index contributed by atoms with van der Waals surface area (Å²) in [5.74, 6) is 1.13. The van der Waals surface area contributed by atoms with Gasteiger partial charge in [0.25, 0.3) is 0 Å². The van der Waals surface area contributed by atoms with E-state index in [4.69, 9.17) is 16.6 Å². The summed E-state index contributed by atoms with van der Waals surface area (Å²) in [5.41, 5.74) is 4.02. The van der Waals surface area contributed by atoms with Crippen molar-refractivity contribution in [2.45, 2.75) is 0 Å². The zero-order valence-corrected chi connectivity index (χ0v) is 18.4. The minimum Gasteiger partial charge on any atom is -0.208 e. The summed E-state index contributed by atoms with van der Waals surface area (Å²) in [6, 6.07) is 33.1. The summed E-state index contributed by atoms with van der Waals surface area (Å²) < 4.78 is 2.56. The van der Waals surface area contributed by atoms with E-state index in [9.17, 15) is 0 Å². The average Bonchev–Trinajstić information content (AvgIpc) is 3.22. The number of fused-ring (bicyclic) bond motifs is 3. The molecule has 32 heavy (non-hydrogen) atoms. The Morgan fingerprint density at radius 1 is 0.531 bits per heavy atom. The van der Waals surface area contributed by atoms with Gasteiger partial charge >= 0.3 is 0 Å². The zero-order valence-electron chi connectivity index (χ0n) is 16.9. The maximum absolute atomic E-state index is 6.31. The van der Waals surface area contributed by atoms with Crippen LogP contribution < -0.4 is 0 Å². The highest BCUT2D eigenvalue weighted by atomic mass is 35.5. The SMILES string of the molecule is Clc1nc(-c2ccccc2)nc(-c2ccccc2-c2ccc3c(c2)sc2ccccc23)n1. The van der Waals surface area contributed by atoms with Crippen molar-refractivity contribution in [3.8, 4) is 33.9 Å². The molecule has 6 aromatic rings. The van der Waals surface area contributed by atoms with Crippen LogP contribution in [-0.4, -0.2) is 15.0 Å². The summed E-state index contributed by atoms with van der Waals surface area (Å²) in [4.78, 5) is 13.6. The van der Waals surface area contributed by atoms with Crippen LogP contribution in [0.3, 0.4) is 0 Å². The van der Waals surface area contributed by atoms with E-state index in [-0.39, 0.29) is 5.28 Å². The highest BCUT2D eigenvalue weighted by Gasteiger charge is 2.14. The van der Waals surface area contributed by atoms with Crippen LogP contribution in [0.4, 0.5) is 0 Å². The quantitative estimate of drug-likeness (QED) is 0.275. The van der Waals surface area contributed by atoms with Crippen molar-refractivity contribution in [2.75, 3.05) is 0 Å². The van der Waals surface area contributed by atoms with Gasteiger partial charge in [-0.1, -0.05) is 84.9 Å². The number of rotatable bonds is 3. The lowest BCUT2D eigenvalue weighted by Crippen LogP contribution is -1.98. The normalized spacial score (nSPS) is 11.3. The first-order valence-electron chi connectivity index (χ1n) is 10.2. The van der Waals surface area contributed by atoms with Crippen LogP contribution in [0.25, 0.3) is 54.1 Å². The van der Waals surface area contributed by atoms with Crippen LogP contribution in [0.2, 0.25) is 5.28 Å². The Kier molecular flexibility index (Phi) is 4.67. The maximum atomic E-state index is 6.31. The Hall–Kier alpha value is -3.60. The molecule has 0 aliphatic heterocycles. The van der Waals surface area contributed by atoms with Crippen LogP contribution in [0.15, 0.2) is 97.1 Å². The molecular formula is C27H16ClN3S. The van der Waals surface area contributed by atoms with Gasteiger partial charge in [-0.05, 0) is 34.9 Å². The Morgan fingerprint density at radius 2 is 1.22 bits per heavy atom. The second kappa shape index (κ2) is 7.83. The molecule has 0 aliphatic rings. The summed E-state index contributed by atoms with van der Waals surface area (Å²) in [6.07, 6.45) is 0. The molecule has 0 spiro atoms. The van der Waals surface area contributed by atoms with E-state index < -0.39 is 0 Å². The Balaban J connectivity index is 1.51. The van der Waals surface area contributed by atoms with Gasteiger partial charge in [-0.3, -0.25) is 0 Å². The van der Waals surface area contributed by atoms with E-state index in [1.54, 1.807) is 0 Å². The average molecular weight is 450 g/mol. The van der Waals surface area contributed by atoms with Gasteiger partial charge in [0.1, 0.15) is 0 Å². The Morgan fingerprint density at radius 3 is 2.09 bits per heavy atom. The van der Waals surface area contributed by atoms with Crippen LogP contribution in [0.1, 0.15) is 0 Å². The molecule has 0 bridgehead atoms. The molecule has 0 saturated heterocycles. The van der Waals surface area contributed by atoms with Crippen molar-refractivity contribution in [1.82, 2.24) is 15.0 Å². The lowest BCUT2D eigenvalue weighted by atomic mass is 9.98. The summed E-state index contributed by atoms with van der Waals surface area (Å²) >= 11 is 8.12. The smallest absolute Gasteiger partial charge is 0.208 e. The van der Waals surface area contributed by atoms with Gasteiger partial charge in [0.05, 0.1) is 0 Å². The minimum absolute atomic E-state index is 0.184. The first kappa shape index (κ1) is 19.1. The van der Waals surface area contributed by atoms with E-state index in [0.717, 1.165) is 22.3 Å². The molecule has 0 aliphatic carbocycles. The number of hydrogen-bond acceptors (Lipinski definition) is 4. The number of thiophene rings is 1. The monoisotopic (exact) mass is 449 g/mol. The number of nitrogens with zero attached hydrogens (tertiary/aromatic N) is 3. The molecule has 0 fully saturated rings. The van der Waals surface area contributed by atoms with Crippen LogP contribution in [-0.2, 0) is 0 Å². The predicted octanol–water partition coefficient (Wildman–Crippen LogP) is 7.89. The summed E-state index contributed by atoms with van der Waals surface area (Å²) in [7, 11) is 0. The summed E-state index contributed by atoms with van der Waals surface area (Å²) in [5, 5.41) is 2.76. The van der Waals surface area contributed by atoms with Crippen molar-refractivity contribution in [3.05, 3.63) is 102 Å². The fourth-order valence-electron chi connectivity index (χ4n) is 4.01. The maximum Gasteiger partial charge on any atom is 0.226 e. The van der Waals surface area contributed by atoms with Crippen LogP contribution >= 0.6 is 22.9 Å². The number of aromatic nitrogens is 3. The largest absolute Gasteiger partial charge is 0.226 e. The van der Waals surface area contributed by atoms with Crippen molar-refractivity contribution in [3.63, 3.8) is 0 Å². The molecule has 0 saturated carbocycles. The van der Waals surface area contributed by atoms with Gasteiger partial charge in [0, 0.05) is 31.3 Å². The second-order valence-corrected chi connectivity index (χ2v) is 8.89. The number of hydrogen-bond donors (Lipinski definition) is 0. The zero-order chi connectivity index (χ0) is 21.5. The van der Waals surface area contributed by atoms with Crippen molar-refractivity contribution < 1.29 is 0 Å². The fourth-order valence-corrected chi connectivity index (χ4v) is 5.32. The topological polar surface area (TPSA) is 38.7 Å². The first-order valence-corrected chi connectivity index (χ1v) is 11.4. The van der Waals surface area contributed by atoms with E-state index in [2.05, 4.69) is 58.5 Å². The molecule has 4 aromatic carbocycles. The first-order chi connectivity index (χ1) is 15.8. The van der Waals surface area contributed by atoms with E-state index in [1.165, 1.54) is 20.2 Å². The molecule has 5 heteroatoms. The van der Waals surface area contributed by atoms with Crippen molar-refractivity contribution in [2.24, 2.45) is 0 Å². The lowest BCUT2D eigenvalue weighted by molar-refractivity contribution is 1.07. The van der Waals surface area contributed by atoms with Gasteiger partial charge < -0.3 is 0 Å².